The Hall–Kier alpha value is -4.19. The molecule has 4 rings (SSSR count). The van der Waals surface area contributed by atoms with Gasteiger partial charge in [0.15, 0.2) is 5.13 Å². The molecule has 0 aliphatic rings. The van der Waals surface area contributed by atoms with Gasteiger partial charge in [0, 0.05) is 18.9 Å². The van der Waals surface area contributed by atoms with Gasteiger partial charge in [0.05, 0.1) is 28.5 Å². The van der Waals surface area contributed by atoms with E-state index in [0.717, 1.165) is 27.7 Å². The third-order valence-electron chi connectivity index (χ3n) is 4.40. The van der Waals surface area contributed by atoms with E-state index in [1.165, 1.54) is 35.9 Å². The standard InChI is InChI=1S/C22H17F3N6O2S/c1-26-21-29-12-18(34-21)13-5-7-17(8-6-13)33-20-27-10-16(11-28-20)31-19(32)30-15-4-2-3-14(9-15)22(23,24)25/h2-12H,1H3,(H,26,29)(H2,30,31,32). The van der Waals surface area contributed by atoms with E-state index < -0.39 is 17.8 Å². The van der Waals surface area contributed by atoms with Gasteiger partial charge in [0.25, 0.3) is 0 Å². The SMILES string of the molecule is CNc1ncc(-c2ccc(Oc3ncc(NC(=O)Nc4cccc(C(F)(F)F)c4)cn3)cc2)s1. The summed E-state index contributed by atoms with van der Waals surface area (Å²) in [6, 6.07) is 10.9. The molecule has 3 N–H and O–H groups in total. The number of carbonyl (C=O) groups excluding carboxylic acids is 1. The van der Waals surface area contributed by atoms with Crippen molar-refractivity contribution in [1.82, 2.24) is 15.0 Å². The molecule has 34 heavy (non-hydrogen) atoms. The average molecular weight is 486 g/mol. The maximum absolute atomic E-state index is 12.8. The minimum absolute atomic E-state index is 0.00263. The number of benzene rings is 2. The summed E-state index contributed by atoms with van der Waals surface area (Å²) in [5.74, 6) is 0.519. The molecule has 0 fully saturated rings. The monoisotopic (exact) mass is 486 g/mol. The summed E-state index contributed by atoms with van der Waals surface area (Å²) in [5, 5.41) is 8.60. The van der Waals surface area contributed by atoms with E-state index in [1.54, 1.807) is 18.3 Å². The lowest BCUT2D eigenvalue weighted by molar-refractivity contribution is -0.137. The lowest BCUT2D eigenvalue weighted by Crippen LogP contribution is -2.20. The molecular weight excluding hydrogens is 469 g/mol. The zero-order valence-electron chi connectivity index (χ0n) is 17.6. The fraction of sp³-hybridized carbons (Fsp3) is 0.0909. The Kier molecular flexibility index (Phi) is 6.59. The second kappa shape index (κ2) is 9.75. The number of aromatic nitrogens is 3. The van der Waals surface area contributed by atoms with Gasteiger partial charge in [-0.1, -0.05) is 17.4 Å². The summed E-state index contributed by atoms with van der Waals surface area (Å²) in [6.45, 7) is 0. The smallest absolute Gasteiger partial charge is 0.416 e. The molecular formula is C22H17F3N6O2S. The van der Waals surface area contributed by atoms with E-state index >= 15 is 0 Å². The highest BCUT2D eigenvalue weighted by molar-refractivity contribution is 7.18. The van der Waals surface area contributed by atoms with Crippen LogP contribution in [-0.4, -0.2) is 28.0 Å². The first-order chi connectivity index (χ1) is 16.3. The van der Waals surface area contributed by atoms with Crippen LogP contribution in [0.3, 0.4) is 0 Å². The van der Waals surface area contributed by atoms with Gasteiger partial charge >= 0.3 is 18.2 Å². The summed E-state index contributed by atoms with van der Waals surface area (Å²) >= 11 is 1.53. The van der Waals surface area contributed by atoms with Crippen LogP contribution in [0.25, 0.3) is 10.4 Å². The van der Waals surface area contributed by atoms with Gasteiger partial charge < -0.3 is 20.7 Å². The minimum atomic E-state index is -4.50. The van der Waals surface area contributed by atoms with Crippen LogP contribution < -0.4 is 20.7 Å². The highest BCUT2D eigenvalue weighted by Gasteiger charge is 2.30. The molecule has 0 aliphatic heterocycles. The number of urea groups is 1. The highest BCUT2D eigenvalue weighted by Crippen LogP contribution is 2.31. The lowest BCUT2D eigenvalue weighted by atomic mass is 10.2. The predicted octanol–water partition coefficient (Wildman–Crippen LogP) is 6.10. The van der Waals surface area contributed by atoms with Crippen molar-refractivity contribution in [2.45, 2.75) is 6.18 Å². The minimum Gasteiger partial charge on any atom is -0.424 e. The van der Waals surface area contributed by atoms with Crippen LogP contribution in [0, 0.1) is 0 Å². The average Bonchev–Trinajstić information content (AvgIpc) is 3.30. The van der Waals surface area contributed by atoms with Crippen molar-refractivity contribution < 1.29 is 22.7 Å². The zero-order chi connectivity index (χ0) is 24.1. The molecule has 0 unspecified atom stereocenters. The number of anilines is 3. The topological polar surface area (TPSA) is 101 Å². The highest BCUT2D eigenvalue weighted by atomic mass is 32.1. The maximum atomic E-state index is 12.8. The summed E-state index contributed by atoms with van der Waals surface area (Å²) in [5.41, 5.74) is 0.353. The number of nitrogens with one attached hydrogen (secondary N) is 3. The lowest BCUT2D eigenvalue weighted by Gasteiger charge is -2.11. The van der Waals surface area contributed by atoms with Crippen LogP contribution in [0.4, 0.5) is 34.5 Å². The molecule has 4 aromatic rings. The van der Waals surface area contributed by atoms with Gasteiger partial charge in [0.2, 0.25) is 0 Å². The first-order valence-electron chi connectivity index (χ1n) is 9.79. The molecule has 0 bridgehead atoms. The Morgan fingerprint density at radius 1 is 0.941 bits per heavy atom. The zero-order valence-corrected chi connectivity index (χ0v) is 18.4. The van der Waals surface area contributed by atoms with E-state index in [9.17, 15) is 18.0 Å². The Morgan fingerprint density at radius 3 is 2.29 bits per heavy atom. The van der Waals surface area contributed by atoms with Gasteiger partial charge in [-0.25, -0.2) is 19.7 Å². The van der Waals surface area contributed by atoms with E-state index in [1.807, 2.05) is 19.2 Å². The fourth-order valence-corrected chi connectivity index (χ4v) is 3.59. The molecule has 0 radical (unpaired) electrons. The quantitative estimate of drug-likeness (QED) is 0.305. The predicted molar refractivity (Wildman–Crippen MR) is 123 cm³/mol. The molecule has 2 aromatic carbocycles. The van der Waals surface area contributed by atoms with E-state index in [2.05, 4.69) is 30.9 Å². The molecule has 12 heteroatoms. The molecule has 8 nitrogen and oxygen atoms in total. The summed E-state index contributed by atoms with van der Waals surface area (Å²) < 4.78 is 44.0. The van der Waals surface area contributed by atoms with Crippen LogP contribution in [-0.2, 0) is 6.18 Å². The van der Waals surface area contributed by atoms with Crippen LogP contribution in [0.15, 0.2) is 67.1 Å². The van der Waals surface area contributed by atoms with Gasteiger partial charge in [-0.15, -0.1) is 0 Å². The van der Waals surface area contributed by atoms with Crippen molar-refractivity contribution in [3.8, 4) is 22.2 Å². The number of hydrogen-bond donors (Lipinski definition) is 3. The first-order valence-corrected chi connectivity index (χ1v) is 10.6. The number of amides is 2. The third kappa shape index (κ3) is 5.78. The van der Waals surface area contributed by atoms with Crippen molar-refractivity contribution in [2.75, 3.05) is 23.0 Å². The van der Waals surface area contributed by atoms with Gasteiger partial charge in [-0.05, 0) is 48.0 Å². The molecule has 0 saturated carbocycles. The van der Waals surface area contributed by atoms with Crippen LogP contribution >= 0.6 is 11.3 Å². The Balaban J connectivity index is 1.33. The largest absolute Gasteiger partial charge is 0.424 e. The Labute approximate surface area is 195 Å². The van der Waals surface area contributed by atoms with Crippen LogP contribution in [0.5, 0.6) is 11.8 Å². The number of carbonyl (C=O) groups is 1. The summed E-state index contributed by atoms with van der Waals surface area (Å²) in [4.78, 5) is 25.4. The number of ether oxygens (including phenoxy) is 1. The van der Waals surface area contributed by atoms with Crippen molar-refractivity contribution in [2.24, 2.45) is 0 Å². The second-order valence-electron chi connectivity index (χ2n) is 6.82. The van der Waals surface area contributed by atoms with Gasteiger partial charge in [-0.2, -0.15) is 13.2 Å². The van der Waals surface area contributed by atoms with Crippen molar-refractivity contribution in [3.05, 3.63) is 72.7 Å². The number of hydrogen-bond acceptors (Lipinski definition) is 7. The third-order valence-corrected chi connectivity index (χ3v) is 5.47. The second-order valence-corrected chi connectivity index (χ2v) is 7.85. The van der Waals surface area contributed by atoms with Crippen molar-refractivity contribution in [1.29, 1.82) is 0 Å². The van der Waals surface area contributed by atoms with Crippen molar-refractivity contribution in [3.63, 3.8) is 0 Å². The van der Waals surface area contributed by atoms with E-state index in [4.69, 9.17) is 4.74 Å². The Morgan fingerprint density at radius 2 is 1.65 bits per heavy atom. The van der Waals surface area contributed by atoms with E-state index in [0.29, 0.717) is 5.75 Å². The molecule has 0 aliphatic carbocycles. The molecule has 174 valence electrons. The molecule has 2 amide bonds. The fourth-order valence-electron chi connectivity index (χ4n) is 2.82. The van der Waals surface area contributed by atoms with Crippen molar-refractivity contribution >= 4 is 33.9 Å². The molecule has 0 spiro atoms. The number of rotatable bonds is 6. The number of halogens is 3. The normalized spacial score (nSPS) is 11.1. The molecule has 2 heterocycles. The molecule has 0 atom stereocenters. The molecule has 2 aromatic heterocycles. The van der Waals surface area contributed by atoms with E-state index in [-0.39, 0.29) is 17.4 Å². The van der Waals surface area contributed by atoms with Gasteiger partial charge in [-0.3, -0.25) is 0 Å². The summed E-state index contributed by atoms with van der Waals surface area (Å²) in [6.07, 6.45) is -0.0855. The molecule has 0 saturated heterocycles. The Bertz CT molecular complexity index is 1280. The van der Waals surface area contributed by atoms with Crippen LogP contribution in [0.1, 0.15) is 5.56 Å². The number of thiazole rings is 1. The first kappa shape index (κ1) is 23.0. The maximum Gasteiger partial charge on any atom is 0.416 e. The van der Waals surface area contributed by atoms with Crippen LogP contribution in [0.2, 0.25) is 0 Å². The number of alkyl halides is 3. The number of nitrogens with zero attached hydrogens (tertiary/aromatic N) is 3. The summed E-state index contributed by atoms with van der Waals surface area (Å²) in [7, 11) is 1.81. The van der Waals surface area contributed by atoms with Gasteiger partial charge in [0.1, 0.15) is 5.75 Å².